The van der Waals surface area contributed by atoms with Gasteiger partial charge in [0.15, 0.2) is 0 Å². The van der Waals surface area contributed by atoms with Gasteiger partial charge >= 0.3 is 0 Å². The van der Waals surface area contributed by atoms with Crippen molar-refractivity contribution in [3.63, 3.8) is 0 Å². The number of phenols is 1. The lowest BCUT2D eigenvalue weighted by molar-refractivity contribution is 0.0952. The van der Waals surface area contributed by atoms with Crippen molar-refractivity contribution in [2.75, 3.05) is 0 Å². The Kier molecular flexibility index (Phi) is 5.31. The highest BCUT2D eigenvalue weighted by atomic mass is 16.3. The number of amides is 1. The molecule has 0 saturated carbocycles. The molecule has 0 unspecified atom stereocenters. The first-order valence-electron chi connectivity index (χ1n) is 7.28. The monoisotopic (exact) mass is 296 g/mol. The van der Waals surface area contributed by atoms with E-state index < -0.39 is 5.91 Å². The molecular weight excluding hydrogens is 276 g/mol. The summed E-state index contributed by atoms with van der Waals surface area (Å²) in [4.78, 5) is 12.1. The molecule has 0 aliphatic rings. The molecule has 0 saturated heterocycles. The van der Waals surface area contributed by atoms with Crippen molar-refractivity contribution in [1.82, 2.24) is 5.43 Å². The van der Waals surface area contributed by atoms with Crippen LogP contribution in [0.5, 0.6) is 5.75 Å². The minimum atomic E-state index is -0.421. The molecule has 0 fully saturated rings. The van der Waals surface area contributed by atoms with Gasteiger partial charge in [-0.3, -0.25) is 4.79 Å². The second-order valence-electron chi connectivity index (χ2n) is 5.48. The van der Waals surface area contributed by atoms with Crippen LogP contribution in [0.1, 0.15) is 36.2 Å². The molecule has 114 valence electrons. The first-order chi connectivity index (χ1) is 10.6. The first-order valence-corrected chi connectivity index (χ1v) is 7.28. The summed E-state index contributed by atoms with van der Waals surface area (Å²) in [5.74, 6) is -0.0587. The van der Waals surface area contributed by atoms with E-state index in [1.807, 2.05) is 30.3 Å². The van der Waals surface area contributed by atoms with E-state index in [1.54, 1.807) is 18.2 Å². The van der Waals surface area contributed by atoms with E-state index in [0.717, 1.165) is 17.7 Å². The van der Waals surface area contributed by atoms with Crippen molar-refractivity contribution in [3.05, 3.63) is 65.7 Å². The van der Waals surface area contributed by atoms with Crippen molar-refractivity contribution in [2.24, 2.45) is 11.0 Å². The van der Waals surface area contributed by atoms with Gasteiger partial charge in [0, 0.05) is 0 Å². The third-order valence-corrected chi connectivity index (χ3v) is 3.15. The molecule has 0 aliphatic carbocycles. The molecule has 2 rings (SSSR count). The van der Waals surface area contributed by atoms with E-state index in [1.165, 1.54) is 6.07 Å². The predicted octanol–water partition coefficient (Wildman–Crippen LogP) is 3.57. The van der Waals surface area contributed by atoms with E-state index in [-0.39, 0.29) is 11.3 Å². The Morgan fingerprint density at radius 1 is 1.09 bits per heavy atom. The Morgan fingerprint density at radius 3 is 2.36 bits per heavy atom. The zero-order valence-corrected chi connectivity index (χ0v) is 12.8. The normalized spacial score (nSPS) is 11.5. The highest BCUT2D eigenvalue weighted by Gasteiger charge is 2.11. The lowest BCUT2D eigenvalue weighted by Gasteiger charge is -2.10. The van der Waals surface area contributed by atoms with Crippen molar-refractivity contribution in [1.29, 1.82) is 0 Å². The first kappa shape index (κ1) is 15.8. The third-order valence-electron chi connectivity index (χ3n) is 3.15. The second kappa shape index (κ2) is 7.41. The Bertz CT molecular complexity index is 664. The number of para-hydroxylation sites is 1. The third kappa shape index (κ3) is 4.19. The summed E-state index contributed by atoms with van der Waals surface area (Å²) in [6.07, 6.45) is 0.755. The van der Waals surface area contributed by atoms with Crippen LogP contribution in [0.2, 0.25) is 0 Å². The number of carbonyl (C=O) groups is 1. The maximum atomic E-state index is 12.1. The molecule has 2 aromatic rings. The fourth-order valence-corrected chi connectivity index (χ4v) is 2.09. The highest BCUT2D eigenvalue weighted by Crippen LogP contribution is 2.15. The van der Waals surface area contributed by atoms with Crippen LogP contribution in [0.15, 0.2) is 59.7 Å². The van der Waals surface area contributed by atoms with Crippen molar-refractivity contribution < 1.29 is 9.90 Å². The molecule has 4 nitrogen and oxygen atoms in total. The summed E-state index contributed by atoms with van der Waals surface area (Å²) in [6.45, 7) is 4.20. The van der Waals surface area contributed by atoms with Gasteiger partial charge in [-0.25, -0.2) is 5.43 Å². The molecule has 0 radical (unpaired) electrons. The van der Waals surface area contributed by atoms with E-state index in [0.29, 0.717) is 5.92 Å². The quantitative estimate of drug-likeness (QED) is 0.654. The second-order valence-corrected chi connectivity index (χ2v) is 5.48. The molecule has 2 N–H and O–H groups in total. The molecule has 0 aliphatic heterocycles. The fraction of sp³-hybridized carbons (Fsp3) is 0.222. The van der Waals surface area contributed by atoms with Gasteiger partial charge in [-0.1, -0.05) is 56.3 Å². The Morgan fingerprint density at radius 2 is 1.73 bits per heavy atom. The van der Waals surface area contributed by atoms with Gasteiger partial charge in [0.1, 0.15) is 5.75 Å². The Balaban J connectivity index is 2.20. The van der Waals surface area contributed by atoms with Gasteiger partial charge in [-0.15, -0.1) is 0 Å². The summed E-state index contributed by atoms with van der Waals surface area (Å²) in [6, 6.07) is 16.2. The molecule has 0 atom stereocenters. The molecule has 1 amide bonds. The van der Waals surface area contributed by atoms with Gasteiger partial charge in [-0.2, -0.15) is 5.10 Å². The smallest absolute Gasteiger partial charge is 0.275 e. The topological polar surface area (TPSA) is 61.7 Å². The number of aromatic hydroxyl groups is 1. The van der Waals surface area contributed by atoms with Crippen LogP contribution in [0.25, 0.3) is 0 Å². The van der Waals surface area contributed by atoms with Crippen LogP contribution >= 0.6 is 0 Å². The summed E-state index contributed by atoms with van der Waals surface area (Å²) in [5.41, 5.74) is 4.54. The standard InChI is InChI=1S/C18H20N2O2/c1-13(2)12-16(14-8-4-3-5-9-14)19-20-18(22)15-10-6-7-11-17(15)21/h3-11,13,21H,12H2,1-2H3,(H,20,22)/b19-16+. The summed E-state index contributed by atoms with van der Waals surface area (Å²) in [5, 5.41) is 14.0. The number of nitrogens with zero attached hydrogens (tertiary/aromatic N) is 1. The number of phenolic OH excluding ortho intramolecular Hbond substituents is 1. The number of hydrogen-bond donors (Lipinski definition) is 2. The van der Waals surface area contributed by atoms with Crippen LogP contribution in [-0.4, -0.2) is 16.7 Å². The maximum absolute atomic E-state index is 12.1. The van der Waals surface area contributed by atoms with E-state index in [9.17, 15) is 9.90 Å². The van der Waals surface area contributed by atoms with Gasteiger partial charge in [0.05, 0.1) is 11.3 Å². The molecule has 4 heteroatoms. The largest absolute Gasteiger partial charge is 0.507 e. The number of benzene rings is 2. The van der Waals surface area contributed by atoms with Crippen LogP contribution in [0.3, 0.4) is 0 Å². The van der Waals surface area contributed by atoms with Gasteiger partial charge in [-0.05, 0) is 30.0 Å². The van der Waals surface area contributed by atoms with Crippen LogP contribution in [-0.2, 0) is 0 Å². The Hall–Kier alpha value is -2.62. The fourth-order valence-electron chi connectivity index (χ4n) is 2.09. The summed E-state index contributed by atoms with van der Waals surface area (Å²) >= 11 is 0. The van der Waals surface area contributed by atoms with Gasteiger partial charge in [0.2, 0.25) is 0 Å². The van der Waals surface area contributed by atoms with E-state index in [2.05, 4.69) is 24.4 Å². The minimum Gasteiger partial charge on any atom is -0.507 e. The molecular formula is C18H20N2O2. The van der Waals surface area contributed by atoms with E-state index >= 15 is 0 Å². The predicted molar refractivity (Wildman–Crippen MR) is 88.0 cm³/mol. The van der Waals surface area contributed by atoms with Crippen molar-refractivity contribution in [2.45, 2.75) is 20.3 Å². The van der Waals surface area contributed by atoms with Gasteiger partial charge in [0.25, 0.3) is 5.91 Å². The van der Waals surface area contributed by atoms with E-state index in [4.69, 9.17) is 0 Å². The molecule has 0 bridgehead atoms. The van der Waals surface area contributed by atoms with Crippen molar-refractivity contribution in [3.8, 4) is 5.75 Å². The SMILES string of the molecule is CC(C)C/C(=N\NC(=O)c1ccccc1O)c1ccccc1. The number of nitrogens with one attached hydrogen (secondary N) is 1. The Labute approximate surface area is 130 Å². The maximum Gasteiger partial charge on any atom is 0.275 e. The molecule has 2 aromatic carbocycles. The lowest BCUT2D eigenvalue weighted by atomic mass is 10.0. The van der Waals surface area contributed by atoms with Crippen LogP contribution < -0.4 is 5.43 Å². The van der Waals surface area contributed by atoms with Gasteiger partial charge < -0.3 is 5.11 Å². The summed E-state index contributed by atoms with van der Waals surface area (Å²) < 4.78 is 0. The summed E-state index contributed by atoms with van der Waals surface area (Å²) in [7, 11) is 0. The van der Waals surface area contributed by atoms with Crippen LogP contribution in [0, 0.1) is 5.92 Å². The zero-order valence-electron chi connectivity index (χ0n) is 12.8. The number of carbonyl (C=O) groups excluding carboxylic acids is 1. The minimum absolute atomic E-state index is 0.0553. The molecule has 22 heavy (non-hydrogen) atoms. The number of rotatable bonds is 5. The average molecular weight is 296 g/mol. The number of hydrogen-bond acceptors (Lipinski definition) is 3. The van der Waals surface area contributed by atoms with Crippen molar-refractivity contribution >= 4 is 11.6 Å². The highest BCUT2D eigenvalue weighted by molar-refractivity contribution is 6.02. The number of hydrazone groups is 1. The zero-order chi connectivity index (χ0) is 15.9. The lowest BCUT2D eigenvalue weighted by Crippen LogP contribution is -2.21. The van der Waals surface area contributed by atoms with Crippen LogP contribution in [0.4, 0.5) is 0 Å². The molecule has 0 spiro atoms. The molecule has 0 heterocycles. The molecule has 0 aromatic heterocycles. The average Bonchev–Trinajstić information content (AvgIpc) is 2.52.